The van der Waals surface area contributed by atoms with Crippen LogP contribution in [0.15, 0.2) is 0 Å². The number of hydrogen-bond donors (Lipinski definition) is 0. The SMILES string of the molecule is CC1(C)CN(CI)CCO1. The normalized spacial score (nSPS) is 26.7. The quantitative estimate of drug-likeness (QED) is 0.400. The van der Waals surface area contributed by atoms with Crippen LogP contribution in [0.5, 0.6) is 0 Å². The molecule has 1 fully saturated rings. The van der Waals surface area contributed by atoms with Crippen molar-refractivity contribution >= 4 is 22.6 Å². The molecule has 2 nitrogen and oxygen atoms in total. The van der Waals surface area contributed by atoms with Crippen LogP contribution in [-0.2, 0) is 4.74 Å². The molecule has 0 N–H and O–H groups in total. The van der Waals surface area contributed by atoms with Crippen LogP contribution in [0.1, 0.15) is 13.8 Å². The Morgan fingerprint density at radius 2 is 2.30 bits per heavy atom. The second kappa shape index (κ2) is 3.36. The average molecular weight is 255 g/mol. The number of ether oxygens (including phenoxy) is 1. The molecule has 0 spiro atoms. The van der Waals surface area contributed by atoms with Gasteiger partial charge in [-0.3, -0.25) is 4.90 Å². The van der Waals surface area contributed by atoms with Gasteiger partial charge < -0.3 is 4.74 Å². The molecule has 0 aliphatic carbocycles. The van der Waals surface area contributed by atoms with Gasteiger partial charge >= 0.3 is 0 Å². The van der Waals surface area contributed by atoms with E-state index >= 15 is 0 Å². The molecule has 0 aromatic heterocycles. The number of alkyl halides is 1. The maximum Gasteiger partial charge on any atom is 0.0753 e. The lowest BCUT2D eigenvalue weighted by atomic mass is 10.1. The second-order valence-electron chi connectivity index (χ2n) is 3.28. The Morgan fingerprint density at radius 3 is 2.70 bits per heavy atom. The molecular formula is C7H14INO. The Morgan fingerprint density at radius 1 is 1.60 bits per heavy atom. The van der Waals surface area contributed by atoms with Crippen molar-refractivity contribution in [3.63, 3.8) is 0 Å². The van der Waals surface area contributed by atoms with E-state index in [1.54, 1.807) is 0 Å². The molecular weight excluding hydrogens is 241 g/mol. The van der Waals surface area contributed by atoms with Crippen LogP contribution >= 0.6 is 22.6 Å². The van der Waals surface area contributed by atoms with Gasteiger partial charge in [0.2, 0.25) is 0 Å². The van der Waals surface area contributed by atoms with E-state index in [1.165, 1.54) is 0 Å². The standard InChI is InChI=1S/C7H14INO/c1-7(2)5-9(6-8)3-4-10-7/h3-6H2,1-2H3. The van der Waals surface area contributed by atoms with Crippen LogP contribution in [0.3, 0.4) is 0 Å². The number of halogens is 1. The molecule has 0 aromatic rings. The summed E-state index contributed by atoms with van der Waals surface area (Å²) in [6.07, 6.45) is 0. The van der Waals surface area contributed by atoms with Gasteiger partial charge in [0.1, 0.15) is 0 Å². The summed E-state index contributed by atoms with van der Waals surface area (Å²) < 4.78 is 6.67. The summed E-state index contributed by atoms with van der Waals surface area (Å²) in [6.45, 7) is 7.33. The summed E-state index contributed by atoms with van der Waals surface area (Å²) in [6, 6.07) is 0. The lowest BCUT2D eigenvalue weighted by Crippen LogP contribution is -2.47. The fraction of sp³-hybridized carbons (Fsp3) is 1.00. The lowest BCUT2D eigenvalue weighted by molar-refractivity contribution is -0.0798. The fourth-order valence-electron chi connectivity index (χ4n) is 1.22. The topological polar surface area (TPSA) is 12.5 Å². The largest absolute Gasteiger partial charge is 0.373 e. The number of rotatable bonds is 1. The van der Waals surface area contributed by atoms with E-state index in [9.17, 15) is 0 Å². The molecule has 0 saturated carbocycles. The van der Waals surface area contributed by atoms with Crippen LogP contribution in [0.2, 0.25) is 0 Å². The van der Waals surface area contributed by atoms with E-state index < -0.39 is 0 Å². The van der Waals surface area contributed by atoms with Crippen LogP contribution in [-0.4, -0.2) is 34.7 Å². The Kier molecular flexibility index (Phi) is 2.94. The van der Waals surface area contributed by atoms with Crippen molar-refractivity contribution in [2.75, 3.05) is 24.2 Å². The van der Waals surface area contributed by atoms with E-state index in [0.717, 1.165) is 24.2 Å². The minimum atomic E-state index is 0.0728. The highest BCUT2D eigenvalue weighted by molar-refractivity contribution is 14.1. The van der Waals surface area contributed by atoms with Gasteiger partial charge in [0.25, 0.3) is 0 Å². The number of morpholine rings is 1. The van der Waals surface area contributed by atoms with Crippen molar-refractivity contribution in [2.45, 2.75) is 19.4 Å². The van der Waals surface area contributed by atoms with Crippen molar-refractivity contribution in [1.82, 2.24) is 4.90 Å². The second-order valence-corrected chi connectivity index (χ2v) is 3.96. The van der Waals surface area contributed by atoms with Gasteiger partial charge in [-0.05, 0) is 13.8 Å². The van der Waals surface area contributed by atoms with Crippen molar-refractivity contribution in [3.8, 4) is 0 Å². The van der Waals surface area contributed by atoms with Gasteiger partial charge in [0.15, 0.2) is 0 Å². The van der Waals surface area contributed by atoms with E-state index in [1.807, 2.05) is 0 Å². The zero-order valence-corrected chi connectivity index (χ0v) is 8.72. The Balaban J connectivity index is 2.40. The van der Waals surface area contributed by atoms with Gasteiger partial charge in [-0.2, -0.15) is 0 Å². The van der Waals surface area contributed by atoms with Gasteiger partial charge in [-0.15, -0.1) is 0 Å². The third-order valence-electron chi connectivity index (χ3n) is 1.67. The summed E-state index contributed by atoms with van der Waals surface area (Å²) in [4.78, 5) is 2.41. The van der Waals surface area contributed by atoms with Crippen molar-refractivity contribution < 1.29 is 4.74 Å². The van der Waals surface area contributed by atoms with E-state index in [2.05, 4.69) is 41.3 Å². The van der Waals surface area contributed by atoms with Gasteiger partial charge in [-0.1, -0.05) is 22.6 Å². The highest BCUT2D eigenvalue weighted by Gasteiger charge is 2.25. The number of hydrogen-bond acceptors (Lipinski definition) is 2. The molecule has 0 aromatic carbocycles. The van der Waals surface area contributed by atoms with Crippen LogP contribution in [0, 0.1) is 0 Å². The highest BCUT2D eigenvalue weighted by atomic mass is 127. The molecule has 0 amide bonds. The van der Waals surface area contributed by atoms with Crippen LogP contribution < -0.4 is 0 Å². The summed E-state index contributed by atoms with van der Waals surface area (Å²) in [5, 5.41) is 0. The molecule has 3 heteroatoms. The first-order valence-electron chi connectivity index (χ1n) is 3.56. The fourth-order valence-corrected chi connectivity index (χ4v) is 1.80. The van der Waals surface area contributed by atoms with Crippen molar-refractivity contribution in [3.05, 3.63) is 0 Å². The van der Waals surface area contributed by atoms with Crippen LogP contribution in [0.25, 0.3) is 0 Å². The average Bonchev–Trinajstić information content (AvgIpc) is 1.86. The Hall–Kier alpha value is 0.650. The molecule has 1 aliphatic rings. The molecule has 1 aliphatic heterocycles. The van der Waals surface area contributed by atoms with Crippen molar-refractivity contribution in [1.29, 1.82) is 0 Å². The van der Waals surface area contributed by atoms with Gasteiger partial charge in [0, 0.05) is 13.1 Å². The maximum absolute atomic E-state index is 5.55. The first-order valence-corrected chi connectivity index (χ1v) is 5.09. The van der Waals surface area contributed by atoms with E-state index in [0.29, 0.717) is 0 Å². The molecule has 1 saturated heterocycles. The van der Waals surface area contributed by atoms with Gasteiger partial charge in [-0.25, -0.2) is 0 Å². The molecule has 0 bridgehead atoms. The maximum atomic E-state index is 5.55. The van der Waals surface area contributed by atoms with Crippen LogP contribution in [0.4, 0.5) is 0 Å². The smallest absolute Gasteiger partial charge is 0.0753 e. The summed E-state index contributed by atoms with van der Waals surface area (Å²) in [5.74, 6) is 0. The first kappa shape index (κ1) is 8.74. The molecule has 0 atom stereocenters. The summed E-state index contributed by atoms with van der Waals surface area (Å²) >= 11 is 2.39. The zero-order valence-electron chi connectivity index (χ0n) is 6.56. The monoisotopic (exact) mass is 255 g/mol. The highest BCUT2D eigenvalue weighted by Crippen LogP contribution is 2.16. The minimum Gasteiger partial charge on any atom is -0.373 e. The Bertz CT molecular complexity index is 116. The lowest BCUT2D eigenvalue weighted by Gasteiger charge is -2.37. The van der Waals surface area contributed by atoms with Crippen molar-refractivity contribution in [2.24, 2.45) is 0 Å². The first-order chi connectivity index (χ1) is 4.64. The molecule has 0 radical (unpaired) electrons. The van der Waals surface area contributed by atoms with Gasteiger partial charge in [0.05, 0.1) is 16.8 Å². The Labute approximate surface area is 76.1 Å². The number of nitrogens with zero attached hydrogens (tertiary/aromatic N) is 1. The predicted molar refractivity (Wildman–Crippen MR) is 50.5 cm³/mol. The third kappa shape index (κ3) is 2.36. The molecule has 10 heavy (non-hydrogen) atoms. The minimum absolute atomic E-state index is 0.0728. The summed E-state index contributed by atoms with van der Waals surface area (Å²) in [7, 11) is 0. The molecule has 1 rings (SSSR count). The third-order valence-corrected chi connectivity index (χ3v) is 2.64. The zero-order chi connectivity index (χ0) is 7.61. The summed E-state index contributed by atoms with van der Waals surface area (Å²) in [5.41, 5.74) is 0.0728. The predicted octanol–water partition coefficient (Wildman–Crippen LogP) is 1.49. The molecule has 1 heterocycles. The molecule has 60 valence electrons. The van der Waals surface area contributed by atoms with E-state index in [-0.39, 0.29) is 5.60 Å². The molecule has 0 unspecified atom stereocenters. The van der Waals surface area contributed by atoms with E-state index in [4.69, 9.17) is 4.74 Å².